The third kappa shape index (κ3) is 12.5. The van der Waals surface area contributed by atoms with Crippen molar-refractivity contribution in [2.24, 2.45) is 0 Å². The molecule has 0 saturated heterocycles. The first-order chi connectivity index (χ1) is 12.5. The van der Waals surface area contributed by atoms with Crippen molar-refractivity contribution in [2.75, 3.05) is 32.8 Å². The van der Waals surface area contributed by atoms with Gasteiger partial charge in [-0.15, -0.1) is 0 Å². The molecular weight excluding hydrogens is 322 g/mol. The summed E-state index contributed by atoms with van der Waals surface area (Å²) >= 11 is 0. The van der Waals surface area contributed by atoms with E-state index in [9.17, 15) is 4.79 Å². The smallest absolute Gasteiger partial charge is 0.333 e. The molecule has 0 N–H and O–H groups in total. The predicted octanol–water partition coefficient (Wildman–Crippen LogP) is 6.27. The van der Waals surface area contributed by atoms with Crippen molar-refractivity contribution >= 4 is 5.97 Å². The number of esters is 1. The Balaban J connectivity index is 4.28. The summed E-state index contributed by atoms with van der Waals surface area (Å²) < 4.78 is 6.52. The fourth-order valence-electron chi connectivity index (χ4n) is 3.55. The van der Waals surface area contributed by atoms with E-state index in [2.05, 4.69) is 27.4 Å². The summed E-state index contributed by atoms with van der Waals surface area (Å²) in [6.45, 7) is 18.2. The fraction of sp³-hybridized carbons (Fsp3) is 0.870. The van der Waals surface area contributed by atoms with E-state index in [4.69, 9.17) is 4.74 Å². The molecule has 0 aromatic rings. The fourth-order valence-corrected chi connectivity index (χ4v) is 3.55. The lowest BCUT2D eigenvalue weighted by Gasteiger charge is -2.39. The lowest BCUT2D eigenvalue weighted by molar-refractivity contribution is -0.929. The molecule has 3 heteroatoms. The van der Waals surface area contributed by atoms with Gasteiger partial charge < -0.3 is 9.22 Å². The van der Waals surface area contributed by atoms with Crippen LogP contribution in [0.25, 0.3) is 0 Å². The van der Waals surface area contributed by atoms with E-state index in [0.717, 1.165) is 12.8 Å². The van der Waals surface area contributed by atoms with Gasteiger partial charge in [0.25, 0.3) is 0 Å². The third-order valence-corrected chi connectivity index (χ3v) is 5.32. The van der Waals surface area contributed by atoms with Crippen LogP contribution < -0.4 is 0 Å². The summed E-state index contributed by atoms with van der Waals surface area (Å²) in [7, 11) is 0. The maximum absolute atomic E-state index is 11.4. The molecule has 154 valence electrons. The molecular formula is C23H46NO2+. The summed E-state index contributed by atoms with van der Waals surface area (Å²) in [6, 6.07) is 0. The minimum absolute atomic E-state index is 0.254. The van der Waals surface area contributed by atoms with Gasteiger partial charge >= 0.3 is 5.97 Å². The second-order valence-corrected chi connectivity index (χ2v) is 7.98. The van der Waals surface area contributed by atoms with E-state index in [0.29, 0.717) is 12.2 Å². The molecule has 0 saturated carbocycles. The Morgan fingerprint density at radius 2 is 1.19 bits per heavy atom. The van der Waals surface area contributed by atoms with Crippen molar-refractivity contribution in [1.82, 2.24) is 0 Å². The lowest BCUT2D eigenvalue weighted by Crippen LogP contribution is -2.50. The van der Waals surface area contributed by atoms with Gasteiger partial charge in [0, 0.05) is 5.57 Å². The highest BCUT2D eigenvalue weighted by Crippen LogP contribution is 2.18. The van der Waals surface area contributed by atoms with Crippen LogP contribution in [-0.4, -0.2) is 43.2 Å². The summed E-state index contributed by atoms with van der Waals surface area (Å²) in [5.74, 6) is -0.254. The average molecular weight is 369 g/mol. The first-order valence-corrected chi connectivity index (χ1v) is 11.2. The third-order valence-electron chi connectivity index (χ3n) is 5.32. The van der Waals surface area contributed by atoms with E-state index < -0.39 is 0 Å². The van der Waals surface area contributed by atoms with E-state index >= 15 is 0 Å². The number of hydrogen-bond donors (Lipinski definition) is 0. The molecule has 26 heavy (non-hydrogen) atoms. The number of quaternary nitrogens is 1. The van der Waals surface area contributed by atoms with Gasteiger partial charge in [-0.1, -0.05) is 46.6 Å². The van der Waals surface area contributed by atoms with Gasteiger partial charge in [0.15, 0.2) is 0 Å². The molecule has 0 aliphatic rings. The van der Waals surface area contributed by atoms with Crippen LogP contribution in [0.4, 0.5) is 0 Å². The second kappa shape index (κ2) is 16.4. The van der Waals surface area contributed by atoms with Crippen LogP contribution >= 0.6 is 0 Å². The first-order valence-electron chi connectivity index (χ1n) is 11.2. The number of nitrogens with zero attached hydrogens (tertiary/aromatic N) is 1. The molecule has 0 spiro atoms. The van der Waals surface area contributed by atoms with Crippen LogP contribution in [0, 0.1) is 0 Å². The normalized spacial score (nSPS) is 11.5. The molecule has 0 radical (unpaired) electrons. The molecule has 0 amide bonds. The molecule has 0 rings (SSSR count). The highest BCUT2D eigenvalue weighted by atomic mass is 16.5. The minimum Gasteiger partial charge on any atom is -0.462 e. The van der Waals surface area contributed by atoms with Gasteiger partial charge in [-0.25, -0.2) is 4.79 Å². The van der Waals surface area contributed by atoms with Crippen molar-refractivity contribution in [3.63, 3.8) is 0 Å². The number of carbonyl (C=O) groups is 1. The molecule has 0 heterocycles. The van der Waals surface area contributed by atoms with E-state index in [1.807, 2.05) is 0 Å². The molecule has 0 fully saturated rings. The number of carbonyl (C=O) groups excluding carboxylic acids is 1. The van der Waals surface area contributed by atoms with Gasteiger partial charge in [-0.2, -0.15) is 0 Å². The zero-order valence-electron chi connectivity index (χ0n) is 18.3. The van der Waals surface area contributed by atoms with Crippen molar-refractivity contribution in [3.8, 4) is 0 Å². The van der Waals surface area contributed by atoms with Crippen LogP contribution in [0.1, 0.15) is 98.3 Å². The minimum atomic E-state index is -0.254. The zero-order chi connectivity index (χ0) is 19.7. The molecule has 0 aromatic heterocycles. The number of hydrogen-bond acceptors (Lipinski definition) is 2. The topological polar surface area (TPSA) is 26.3 Å². The average Bonchev–Trinajstić information content (AvgIpc) is 2.63. The van der Waals surface area contributed by atoms with Crippen molar-refractivity contribution in [1.29, 1.82) is 0 Å². The van der Waals surface area contributed by atoms with E-state index in [1.54, 1.807) is 6.92 Å². The Morgan fingerprint density at radius 1 is 0.731 bits per heavy atom. The van der Waals surface area contributed by atoms with Crippen LogP contribution in [-0.2, 0) is 9.53 Å². The second-order valence-electron chi connectivity index (χ2n) is 7.98. The summed E-state index contributed by atoms with van der Waals surface area (Å²) in [5.41, 5.74) is 0.492. The van der Waals surface area contributed by atoms with E-state index in [1.165, 1.54) is 88.4 Å². The molecule has 0 bridgehead atoms. The Bertz CT molecular complexity index is 357. The summed E-state index contributed by atoms with van der Waals surface area (Å²) in [4.78, 5) is 11.4. The Morgan fingerprint density at radius 3 is 1.69 bits per heavy atom. The largest absolute Gasteiger partial charge is 0.462 e. The van der Waals surface area contributed by atoms with Gasteiger partial charge in [0.1, 0.15) is 0 Å². The van der Waals surface area contributed by atoms with Gasteiger partial charge in [0.2, 0.25) is 0 Å². The predicted molar refractivity (Wildman–Crippen MR) is 113 cm³/mol. The molecule has 3 nitrogen and oxygen atoms in total. The maximum atomic E-state index is 11.4. The van der Waals surface area contributed by atoms with Crippen LogP contribution in [0.2, 0.25) is 0 Å². The molecule has 0 aliphatic heterocycles. The quantitative estimate of drug-likeness (QED) is 0.123. The van der Waals surface area contributed by atoms with Crippen molar-refractivity contribution in [2.45, 2.75) is 98.3 Å². The highest BCUT2D eigenvalue weighted by Gasteiger charge is 2.25. The standard InChI is InChI=1S/C23H46NO2/c1-6-9-14-19-24(17-10-7-2,18-11-8-3)20-15-12-13-16-21-26-23(25)22(4)5/h4,6-21H2,1-3,5H3/q+1. The Hall–Kier alpha value is -0.830. The Labute approximate surface area is 163 Å². The van der Waals surface area contributed by atoms with Gasteiger partial charge in [0.05, 0.1) is 32.8 Å². The first kappa shape index (κ1) is 25.2. The number of unbranched alkanes of at least 4 members (excludes halogenated alkanes) is 7. The van der Waals surface area contributed by atoms with E-state index in [-0.39, 0.29) is 5.97 Å². The summed E-state index contributed by atoms with van der Waals surface area (Å²) in [6.07, 6.45) is 14.0. The zero-order valence-corrected chi connectivity index (χ0v) is 18.3. The number of ether oxygens (including phenoxy) is 1. The Kier molecular flexibility index (Phi) is 15.8. The molecule has 0 aromatic carbocycles. The molecule has 0 aliphatic carbocycles. The summed E-state index contributed by atoms with van der Waals surface area (Å²) in [5, 5.41) is 0. The van der Waals surface area contributed by atoms with Gasteiger partial charge in [-0.3, -0.25) is 0 Å². The number of rotatable bonds is 18. The SMILES string of the molecule is C=C(C)C(=O)OCCCCCC[N+](CCCC)(CCCC)CCCCC. The molecule has 0 unspecified atom stereocenters. The van der Waals surface area contributed by atoms with Crippen LogP contribution in [0.15, 0.2) is 12.2 Å². The maximum Gasteiger partial charge on any atom is 0.333 e. The van der Waals surface area contributed by atoms with Gasteiger partial charge in [-0.05, 0) is 58.3 Å². The van der Waals surface area contributed by atoms with Crippen molar-refractivity contribution in [3.05, 3.63) is 12.2 Å². The van der Waals surface area contributed by atoms with Crippen molar-refractivity contribution < 1.29 is 14.0 Å². The lowest BCUT2D eigenvalue weighted by atomic mass is 10.1. The monoisotopic (exact) mass is 368 g/mol. The van der Waals surface area contributed by atoms with Crippen LogP contribution in [0.5, 0.6) is 0 Å². The van der Waals surface area contributed by atoms with Crippen LogP contribution in [0.3, 0.4) is 0 Å². The molecule has 0 atom stereocenters. The highest BCUT2D eigenvalue weighted by molar-refractivity contribution is 5.86.